The molecule has 1 saturated heterocycles. The lowest BCUT2D eigenvalue weighted by atomic mass is 10.0. The highest BCUT2D eigenvalue weighted by Gasteiger charge is 2.32. The number of ether oxygens (including phenoxy) is 1. The highest BCUT2D eigenvalue weighted by Crippen LogP contribution is 2.38. The number of azo groups is 1. The Balaban J connectivity index is 1.51. The van der Waals surface area contributed by atoms with Gasteiger partial charge >= 0.3 is 6.36 Å². The fraction of sp³-hybridized carbons (Fsp3) is 0.292. The van der Waals surface area contributed by atoms with Gasteiger partial charge in [0.2, 0.25) is 5.91 Å². The number of piperidine rings is 1. The van der Waals surface area contributed by atoms with Crippen LogP contribution < -0.4 is 4.74 Å². The molecule has 1 aromatic heterocycles. The normalized spacial score (nSPS) is 16.7. The van der Waals surface area contributed by atoms with Crippen molar-refractivity contribution >= 4 is 23.2 Å². The number of likely N-dealkylation sites (tertiary alicyclic amines) is 1. The number of carbonyl (C=O) groups is 1. The van der Waals surface area contributed by atoms with Gasteiger partial charge in [-0.05, 0) is 49.6 Å². The molecule has 3 aromatic rings. The molecule has 1 unspecified atom stereocenters. The number of benzene rings is 2. The predicted octanol–water partition coefficient (Wildman–Crippen LogP) is 7.16. The molecule has 0 spiro atoms. The molecular weight excluding hydrogens is 471 g/mol. The molecule has 1 atom stereocenters. The summed E-state index contributed by atoms with van der Waals surface area (Å²) in [6.07, 6.45) is -1.07. The zero-order valence-electron chi connectivity index (χ0n) is 18.0. The summed E-state index contributed by atoms with van der Waals surface area (Å²) in [7, 11) is 0. The summed E-state index contributed by atoms with van der Waals surface area (Å²) in [4.78, 5) is 14.4. The first-order valence-corrected chi connectivity index (χ1v) is 11.1. The molecule has 1 amide bonds. The minimum absolute atomic E-state index is 0.0896. The number of hydrogen-bond acceptors (Lipinski definition) is 5. The third kappa shape index (κ3) is 5.96. The Hall–Kier alpha value is -3.33. The van der Waals surface area contributed by atoms with Gasteiger partial charge < -0.3 is 14.1 Å². The maximum absolute atomic E-state index is 12.8. The molecule has 0 bridgehead atoms. The Bertz CT molecular complexity index is 1170. The molecule has 1 fully saturated rings. The van der Waals surface area contributed by atoms with E-state index in [0.717, 1.165) is 12.8 Å². The maximum atomic E-state index is 12.8. The topological polar surface area (TPSA) is 67.4 Å². The van der Waals surface area contributed by atoms with Gasteiger partial charge in [0.1, 0.15) is 17.7 Å². The van der Waals surface area contributed by atoms with E-state index >= 15 is 0 Å². The van der Waals surface area contributed by atoms with E-state index in [4.69, 9.17) is 16.0 Å². The molecule has 1 aliphatic rings. The smallest absolute Gasteiger partial charge is 0.469 e. The fourth-order valence-electron chi connectivity index (χ4n) is 3.81. The summed E-state index contributed by atoms with van der Waals surface area (Å²) in [6.45, 7) is 0.582. The Morgan fingerprint density at radius 2 is 1.94 bits per heavy atom. The van der Waals surface area contributed by atoms with Crippen LogP contribution in [0.15, 0.2) is 75.5 Å². The summed E-state index contributed by atoms with van der Waals surface area (Å²) >= 11 is 6.37. The van der Waals surface area contributed by atoms with Gasteiger partial charge in [0.25, 0.3) is 0 Å². The average molecular weight is 492 g/mol. The molecular formula is C24H21ClF3N3O3. The van der Waals surface area contributed by atoms with Crippen molar-refractivity contribution in [3.05, 3.63) is 71.6 Å². The van der Waals surface area contributed by atoms with Gasteiger partial charge in [0.15, 0.2) is 0 Å². The van der Waals surface area contributed by atoms with Crippen molar-refractivity contribution < 1.29 is 27.1 Å². The molecule has 6 nitrogen and oxygen atoms in total. The first-order valence-electron chi connectivity index (χ1n) is 10.7. The number of alkyl halides is 3. The van der Waals surface area contributed by atoms with E-state index in [1.54, 1.807) is 35.2 Å². The van der Waals surface area contributed by atoms with Crippen LogP contribution in [0.3, 0.4) is 0 Å². The quantitative estimate of drug-likeness (QED) is 0.343. The molecule has 178 valence electrons. The summed E-state index contributed by atoms with van der Waals surface area (Å²) in [5, 5.41) is 8.81. The number of amides is 1. The van der Waals surface area contributed by atoms with Crippen LogP contribution in [0, 0.1) is 0 Å². The van der Waals surface area contributed by atoms with Gasteiger partial charge in [-0.2, -0.15) is 10.2 Å². The third-order valence-electron chi connectivity index (χ3n) is 5.36. The van der Waals surface area contributed by atoms with Crippen LogP contribution in [0.5, 0.6) is 5.75 Å². The van der Waals surface area contributed by atoms with Crippen LogP contribution in [0.4, 0.5) is 18.9 Å². The van der Waals surface area contributed by atoms with Crippen molar-refractivity contribution in [2.75, 3.05) is 6.54 Å². The molecule has 2 aromatic carbocycles. The van der Waals surface area contributed by atoms with Crippen molar-refractivity contribution in [1.29, 1.82) is 0 Å². The first-order chi connectivity index (χ1) is 16.3. The fourth-order valence-corrected chi connectivity index (χ4v) is 4.09. The number of carbonyl (C=O) groups excluding carboxylic acids is 1. The van der Waals surface area contributed by atoms with Gasteiger partial charge in [0.05, 0.1) is 23.4 Å². The van der Waals surface area contributed by atoms with Crippen LogP contribution in [0.25, 0.3) is 11.1 Å². The Kier molecular flexibility index (Phi) is 7.21. The minimum Gasteiger partial charge on any atom is -0.469 e. The van der Waals surface area contributed by atoms with Gasteiger partial charge in [-0.25, -0.2) is 0 Å². The highest BCUT2D eigenvalue weighted by molar-refractivity contribution is 6.33. The molecule has 0 N–H and O–H groups in total. The van der Waals surface area contributed by atoms with E-state index in [2.05, 4.69) is 15.0 Å². The third-order valence-corrected chi connectivity index (χ3v) is 5.67. The number of para-hydroxylation sites is 1. The van der Waals surface area contributed by atoms with Crippen LogP contribution in [-0.4, -0.2) is 29.9 Å². The molecule has 0 aliphatic carbocycles. The summed E-state index contributed by atoms with van der Waals surface area (Å²) in [5.41, 5.74) is 0.996. The molecule has 2 heterocycles. The predicted molar refractivity (Wildman–Crippen MR) is 120 cm³/mol. The molecule has 10 heteroatoms. The summed E-state index contributed by atoms with van der Waals surface area (Å²) in [6, 6.07) is 13.9. The van der Waals surface area contributed by atoms with E-state index in [0.29, 0.717) is 30.0 Å². The first kappa shape index (κ1) is 23.8. The van der Waals surface area contributed by atoms with Crippen molar-refractivity contribution in [2.45, 2.75) is 38.2 Å². The number of hydrogen-bond donors (Lipinski definition) is 0. The van der Waals surface area contributed by atoms with Gasteiger partial charge in [-0.3, -0.25) is 4.79 Å². The standard InChI is InChI=1S/C24H21ClF3N3O3/c25-20-14-16(10-11-18(20)19-7-1-2-8-21(19)34-24(26,27)28)29-30-22-9-3-4-12-31(22)23(32)15-17-6-5-13-33-17/h1-2,5-8,10-11,13-14,22H,3-4,9,12,15H2/b30-29+. The number of rotatable bonds is 6. The second kappa shape index (κ2) is 10.3. The molecule has 1 aliphatic heterocycles. The van der Waals surface area contributed by atoms with Crippen LogP contribution in [-0.2, 0) is 11.2 Å². The van der Waals surface area contributed by atoms with Crippen LogP contribution in [0.1, 0.15) is 25.0 Å². The van der Waals surface area contributed by atoms with E-state index in [1.165, 1.54) is 30.5 Å². The number of halogens is 4. The number of nitrogens with zero attached hydrogens (tertiary/aromatic N) is 3. The van der Waals surface area contributed by atoms with Crippen molar-refractivity contribution in [3.63, 3.8) is 0 Å². The zero-order chi connectivity index (χ0) is 24.1. The highest BCUT2D eigenvalue weighted by atomic mass is 35.5. The lowest BCUT2D eigenvalue weighted by Crippen LogP contribution is -2.43. The number of furan rings is 1. The van der Waals surface area contributed by atoms with Crippen molar-refractivity contribution in [1.82, 2.24) is 4.90 Å². The van der Waals surface area contributed by atoms with E-state index in [9.17, 15) is 18.0 Å². The van der Waals surface area contributed by atoms with Gasteiger partial charge in [-0.1, -0.05) is 35.9 Å². The van der Waals surface area contributed by atoms with Crippen molar-refractivity contribution in [3.8, 4) is 16.9 Å². The van der Waals surface area contributed by atoms with E-state index in [1.807, 2.05) is 0 Å². The second-order valence-electron chi connectivity index (χ2n) is 7.74. The van der Waals surface area contributed by atoms with Crippen molar-refractivity contribution in [2.24, 2.45) is 10.2 Å². The maximum Gasteiger partial charge on any atom is 0.573 e. The summed E-state index contributed by atoms with van der Waals surface area (Å²) < 4.78 is 47.7. The van der Waals surface area contributed by atoms with Gasteiger partial charge in [0, 0.05) is 17.7 Å². The second-order valence-corrected chi connectivity index (χ2v) is 8.15. The molecule has 0 radical (unpaired) electrons. The zero-order valence-corrected chi connectivity index (χ0v) is 18.7. The Morgan fingerprint density at radius 1 is 1.12 bits per heavy atom. The average Bonchev–Trinajstić information content (AvgIpc) is 3.30. The van der Waals surface area contributed by atoms with Crippen LogP contribution in [0.2, 0.25) is 5.02 Å². The molecule has 0 saturated carbocycles. The van der Waals surface area contributed by atoms with Crippen LogP contribution >= 0.6 is 11.6 Å². The summed E-state index contributed by atoms with van der Waals surface area (Å²) in [5.74, 6) is 0.149. The minimum atomic E-state index is -4.82. The SMILES string of the molecule is O=C(Cc1ccco1)N1CCCCC1/N=N/c1ccc(-c2ccccc2OC(F)(F)F)c(Cl)c1. The lowest BCUT2D eigenvalue weighted by molar-refractivity contribution is -0.274. The lowest BCUT2D eigenvalue weighted by Gasteiger charge is -2.32. The Labute approximate surface area is 199 Å². The van der Waals surface area contributed by atoms with E-state index in [-0.39, 0.29) is 28.7 Å². The largest absolute Gasteiger partial charge is 0.573 e. The monoisotopic (exact) mass is 491 g/mol. The van der Waals surface area contributed by atoms with Gasteiger partial charge in [-0.15, -0.1) is 13.2 Å². The molecule has 4 rings (SSSR count). The molecule has 34 heavy (non-hydrogen) atoms. The van der Waals surface area contributed by atoms with E-state index < -0.39 is 12.5 Å². The Morgan fingerprint density at radius 3 is 2.68 bits per heavy atom.